The molecule has 92 valence electrons. The van der Waals surface area contributed by atoms with Gasteiger partial charge in [-0.3, -0.25) is 0 Å². The van der Waals surface area contributed by atoms with Gasteiger partial charge >= 0.3 is 0 Å². The second kappa shape index (κ2) is 5.62. The van der Waals surface area contributed by atoms with Crippen molar-refractivity contribution in [1.82, 2.24) is 0 Å². The summed E-state index contributed by atoms with van der Waals surface area (Å²) < 4.78 is 26.9. The number of anilines is 1. The van der Waals surface area contributed by atoms with E-state index in [4.69, 9.17) is 5.26 Å². The predicted octanol–water partition coefficient (Wildman–Crippen LogP) is 3.68. The molecule has 0 heterocycles. The molecule has 2 nitrogen and oxygen atoms in total. The number of rotatable bonds is 4. The summed E-state index contributed by atoms with van der Waals surface area (Å²) in [5.41, 5.74) is -0.167. The number of halogens is 2. The molecule has 0 aliphatic carbocycles. The minimum atomic E-state index is -1.09. The summed E-state index contributed by atoms with van der Waals surface area (Å²) in [4.78, 5) is 0. The zero-order valence-corrected chi connectivity index (χ0v) is 10.2. The molecule has 0 aliphatic rings. The Bertz CT molecular complexity index is 436. The lowest BCUT2D eigenvalue weighted by molar-refractivity contribution is 0.502. The number of nitrogens with one attached hydrogen (secondary N) is 1. The summed E-state index contributed by atoms with van der Waals surface area (Å²) in [7, 11) is 0. The molecule has 17 heavy (non-hydrogen) atoms. The lowest BCUT2D eigenvalue weighted by Gasteiger charge is -2.17. The average Bonchev–Trinajstić information content (AvgIpc) is 2.24. The number of hydrogen-bond donors (Lipinski definition) is 1. The molecule has 1 aromatic carbocycles. The van der Waals surface area contributed by atoms with Crippen LogP contribution in [0.4, 0.5) is 14.5 Å². The highest BCUT2D eigenvalue weighted by atomic mass is 19.2. The molecule has 1 atom stereocenters. The fourth-order valence-electron chi connectivity index (χ4n) is 1.78. The van der Waals surface area contributed by atoms with E-state index in [1.807, 2.05) is 6.92 Å². The Morgan fingerprint density at radius 1 is 1.24 bits per heavy atom. The molecule has 0 aromatic heterocycles. The third-order valence-corrected chi connectivity index (χ3v) is 2.43. The molecule has 0 bridgehead atoms. The van der Waals surface area contributed by atoms with Crippen molar-refractivity contribution >= 4 is 5.69 Å². The number of hydrogen-bond acceptors (Lipinski definition) is 2. The Balaban J connectivity index is 2.87. The molecular weight excluding hydrogens is 222 g/mol. The SMILES string of the molecule is CC(C)CC(C)Nc1ccc(C#N)c(F)c1F. The van der Waals surface area contributed by atoms with E-state index in [9.17, 15) is 8.78 Å². The molecule has 0 saturated heterocycles. The van der Waals surface area contributed by atoms with E-state index in [1.165, 1.54) is 12.1 Å². The largest absolute Gasteiger partial charge is 0.380 e. The molecule has 1 unspecified atom stereocenters. The first-order chi connectivity index (χ1) is 7.95. The van der Waals surface area contributed by atoms with Crippen LogP contribution < -0.4 is 5.32 Å². The van der Waals surface area contributed by atoms with Crippen LogP contribution in [0.15, 0.2) is 12.1 Å². The van der Waals surface area contributed by atoms with E-state index in [1.54, 1.807) is 6.07 Å². The Morgan fingerprint density at radius 3 is 2.41 bits per heavy atom. The van der Waals surface area contributed by atoms with Crippen molar-refractivity contribution in [2.75, 3.05) is 5.32 Å². The summed E-state index contributed by atoms with van der Waals surface area (Å²) in [6.45, 7) is 6.04. The Kier molecular flexibility index (Phi) is 4.45. The molecule has 1 N–H and O–H groups in total. The van der Waals surface area contributed by atoms with Crippen molar-refractivity contribution in [1.29, 1.82) is 5.26 Å². The fraction of sp³-hybridized carbons (Fsp3) is 0.462. The molecule has 0 amide bonds. The highest BCUT2D eigenvalue weighted by Crippen LogP contribution is 2.21. The summed E-state index contributed by atoms with van der Waals surface area (Å²) in [6.07, 6.45) is 0.862. The summed E-state index contributed by atoms with van der Waals surface area (Å²) in [5, 5.41) is 11.5. The van der Waals surface area contributed by atoms with Crippen LogP contribution in [0.25, 0.3) is 0 Å². The second-order valence-electron chi connectivity index (χ2n) is 4.58. The molecule has 0 radical (unpaired) electrons. The van der Waals surface area contributed by atoms with E-state index in [0.717, 1.165) is 6.42 Å². The van der Waals surface area contributed by atoms with Crippen LogP contribution in [0.5, 0.6) is 0 Å². The highest BCUT2D eigenvalue weighted by Gasteiger charge is 2.14. The van der Waals surface area contributed by atoms with Gasteiger partial charge in [-0.05, 0) is 31.4 Å². The van der Waals surface area contributed by atoms with Gasteiger partial charge in [-0.1, -0.05) is 13.8 Å². The summed E-state index contributed by atoms with van der Waals surface area (Å²) >= 11 is 0. The van der Waals surface area contributed by atoms with Crippen LogP contribution in [0.2, 0.25) is 0 Å². The summed E-state index contributed by atoms with van der Waals surface area (Å²) in [6, 6.07) is 4.34. The minimum Gasteiger partial charge on any atom is -0.380 e. The Labute approximate surface area is 100 Å². The van der Waals surface area contributed by atoms with Gasteiger partial charge < -0.3 is 5.32 Å². The molecular formula is C13H16F2N2. The van der Waals surface area contributed by atoms with E-state index in [0.29, 0.717) is 5.92 Å². The van der Waals surface area contributed by atoms with Crippen LogP contribution in [0, 0.1) is 28.9 Å². The normalized spacial score (nSPS) is 12.3. The fourth-order valence-corrected chi connectivity index (χ4v) is 1.78. The quantitative estimate of drug-likeness (QED) is 0.868. The molecule has 0 saturated carbocycles. The predicted molar refractivity (Wildman–Crippen MR) is 63.6 cm³/mol. The van der Waals surface area contributed by atoms with Gasteiger partial charge in [-0.25, -0.2) is 8.78 Å². The monoisotopic (exact) mass is 238 g/mol. The number of benzene rings is 1. The standard InChI is InChI=1S/C13H16F2N2/c1-8(2)6-9(3)17-11-5-4-10(7-16)12(14)13(11)15/h4-5,8-9,17H,6H2,1-3H3. The highest BCUT2D eigenvalue weighted by molar-refractivity contribution is 5.50. The van der Waals surface area contributed by atoms with E-state index in [-0.39, 0.29) is 17.3 Å². The van der Waals surface area contributed by atoms with Crippen molar-refractivity contribution in [3.8, 4) is 6.07 Å². The first kappa shape index (κ1) is 13.4. The first-order valence-corrected chi connectivity index (χ1v) is 5.60. The smallest absolute Gasteiger partial charge is 0.183 e. The van der Waals surface area contributed by atoms with Crippen molar-refractivity contribution in [3.05, 3.63) is 29.3 Å². The van der Waals surface area contributed by atoms with Crippen LogP contribution in [-0.4, -0.2) is 6.04 Å². The molecule has 1 rings (SSSR count). The number of nitriles is 1. The van der Waals surface area contributed by atoms with Gasteiger partial charge in [-0.15, -0.1) is 0 Å². The van der Waals surface area contributed by atoms with Crippen molar-refractivity contribution < 1.29 is 8.78 Å². The Morgan fingerprint density at radius 2 is 1.88 bits per heavy atom. The second-order valence-corrected chi connectivity index (χ2v) is 4.58. The van der Waals surface area contributed by atoms with E-state index in [2.05, 4.69) is 19.2 Å². The average molecular weight is 238 g/mol. The minimum absolute atomic E-state index is 0.0526. The van der Waals surface area contributed by atoms with Gasteiger partial charge in [0.15, 0.2) is 11.6 Å². The molecule has 1 aromatic rings. The molecule has 0 spiro atoms. The Hall–Kier alpha value is -1.63. The maximum absolute atomic E-state index is 13.6. The van der Waals surface area contributed by atoms with Gasteiger partial charge in [-0.2, -0.15) is 5.26 Å². The van der Waals surface area contributed by atoms with Gasteiger partial charge in [0, 0.05) is 6.04 Å². The van der Waals surface area contributed by atoms with Crippen LogP contribution >= 0.6 is 0 Å². The number of nitrogens with zero attached hydrogens (tertiary/aromatic N) is 1. The summed E-state index contributed by atoms with van der Waals surface area (Å²) in [5.74, 6) is -1.60. The van der Waals surface area contributed by atoms with Crippen LogP contribution in [0.3, 0.4) is 0 Å². The van der Waals surface area contributed by atoms with Gasteiger partial charge in [0.05, 0.1) is 11.3 Å². The lowest BCUT2D eigenvalue weighted by Crippen LogP contribution is -2.18. The third kappa shape index (κ3) is 3.42. The first-order valence-electron chi connectivity index (χ1n) is 5.60. The van der Waals surface area contributed by atoms with Crippen LogP contribution in [-0.2, 0) is 0 Å². The maximum Gasteiger partial charge on any atom is 0.183 e. The van der Waals surface area contributed by atoms with Crippen molar-refractivity contribution in [2.24, 2.45) is 5.92 Å². The van der Waals surface area contributed by atoms with E-state index >= 15 is 0 Å². The van der Waals surface area contributed by atoms with Gasteiger partial charge in [0.1, 0.15) is 6.07 Å². The maximum atomic E-state index is 13.6. The topological polar surface area (TPSA) is 35.8 Å². The molecule has 0 fully saturated rings. The van der Waals surface area contributed by atoms with Crippen molar-refractivity contribution in [2.45, 2.75) is 33.2 Å². The third-order valence-electron chi connectivity index (χ3n) is 2.43. The van der Waals surface area contributed by atoms with Gasteiger partial charge in [0.2, 0.25) is 0 Å². The zero-order chi connectivity index (χ0) is 13.0. The molecule has 0 aliphatic heterocycles. The van der Waals surface area contributed by atoms with Crippen molar-refractivity contribution in [3.63, 3.8) is 0 Å². The van der Waals surface area contributed by atoms with E-state index < -0.39 is 11.6 Å². The van der Waals surface area contributed by atoms with Gasteiger partial charge in [0.25, 0.3) is 0 Å². The lowest BCUT2D eigenvalue weighted by atomic mass is 10.0. The van der Waals surface area contributed by atoms with Crippen LogP contribution in [0.1, 0.15) is 32.8 Å². The zero-order valence-electron chi connectivity index (χ0n) is 10.2. The molecule has 4 heteroatoms.